The van der Waals surface area contributed by atoms with E-state index in [4.69, 9.17) is 9.47 Å². The Balaban J connectivity index is 0.00000392. The Bertz CT molecular complexity index is 806. The average Bonchev–Trinajstić information content (AvgIpc) is 2.66. The molecule has 28 heavy (non-hydrogen) atoms. The third kappa shape index (κ3) is 6.77. The Hall–Kier alpha value is -2.17. The number of methoxy groups -OCH3 is 1. The van der Waals surface area contributed by atoms with Gasteiger partial charge in [-0.2, -0.15) is 0 Å². The first-order chi connectivity index (χ1) is 12.9. The number of nitrogens with one attached hydrogen (secondary N) is 2. The Labute approximate surface area is 179 Å². The van der Waals surface area contributed by atoms with Crippen LogP contribution in [0.4, 0.5) is 13.2 Å². The van der Waals surface area contributed by atoms with Crippen LogP contribution in [0.3, 0.4) is 0 Å². The van der Waals surface area contributed by atoms with E-state index in [1.165, 1.54) is 19.2 Å². The van der Waals surface area contributed by atoms with Gasteiger partial charge in [-0.1, -0.05) is 6.07 Å². The van der Waals surface area contributed by atoms with Crippen LogP contribution in [-0.4, -0.2) is 33.3 Å². The summed E-state index contributed by atoms with van der Waals surface area (Å²) in [5.74, 6) is -1.41. The van der Waals surface area contributed by atoms with Gasteiger partial charge in [-0.15, -0.1) is 24.0 Å². The van der Waals surface area contributed by atoms with Gasteiger partial charge in [0.2, 0.25) is 0 Å². The highest BCUT2D eigenvalue weighted by Crippen LogP contribution is 2.21. The lowest BCUT2D eigenvalue weighted by atomic mass is 10.1. The van der Waals surface area contributed by atoms with Crippen LogP contribution >= 0.6 is 24.0 Å². The number of rotatable bonds is 7. The van der Waals surface area contributed by atoms with E-state index in [1.54, 1.807) is 19.2 Å². The zero-order valence-corrected chi connectivity index (χ0v) is 18.1. The van der Waals surface area contributed by atoms with Crippen molar-refractivity contribution in [1.82, 2.24) is 10.6 Å². The van der Waals surface area contributed by atoms with Crippen molar-refractivity contribution in [3.8, 4) is 11.5 Å². The van der Waals surface area contributed by atoms with E-state index in [0.717, 1.165) is 17.7 Å². The molecule has 2 aromatic carbocycles. The van der Waals surface area contributed by atoms with Gasteiger partial charge >= 0.3 is 0 Å². The van der Waals surface area contributed by atoms with Gasteiger partial charge in [0.05, 0.1) is 19.7 Å². The molecule has 2 N–H and O–H groups in total. The number of hydrogen-bond acceptors (Lipinski definition) is 3. The smallest absolute Gasteiger partial charge is 0.191 e. The molecule has 9 heteroatoms. The highest BCUT2D eigenvalue weighted by molar-refractivity contribution is 14.0. The van der Waals surface area contributed by atoms with Crippen LogP contribution < -0.4 is 20.1 Å². The van der Waals surface area contributed by atoms with E-state index in [0.29, 0.717) is 12.5 Å². The second kappa shape index (κ2) is 11.6. The van der Waals surface area contributed by atoms with Gasteiger partial charge < -0.3 is 20.1 Å². The lowest BCUT2D eigenvalue weighted by Gasteiger charge is -2.19. The summed E-state index contributed by atoms with van der Waals surface area (Å²) in [7, 11) is 3.01. The molecule has 0 aromatic heterocycles. The molecule has 2 rings (SSSR count). The largest absolute Gasteiger partial charge is 0.494 e. The predicted octanol–water partition coefficient (Wildman–Crippen LogP) is 4.04. The van der Waals surface area contributed by atoms with Crippen LogP contribution in [0, 0.1) is 17.5 Å². The van der Waals surface area contributed by atoms with E-state index in [2.05, 4.69) is 15.6 Å². The molecule has 0 saturated heterocycles. The Morgan fingerprint density at radius 1 is 1.07 bits per heavy atom. The van der Waals surface area contributed by atoms with Crippen molar-refractivity contribution in [2.24, 2.45) is 4.99 Å². The van der Waals surface area contributed by atoms with Crippen molar-refractivity contribution in [1.29, 1.82) is 0 Å². The molecule has 0 amide bonds. The topological polar surface area (TPSA) is 54.9 Å². The fourth-order valence-corrected chi connectivity index (χ4v) is 2.34. The molecule has 0 fully saturated rings. The van der Waals surface area contributed by atoms with Crippen LogP contribution in [0.2, 0.25) is 0 Å². The highest BCUT2D eigenvalue weighted by Gasteiger charge is 2.11. The van der Waals surface area contributed by atoms with Gasteiger partial charge in [-0.25, -0.2) is 13.2 Å². The van der Waals surface area contributed by atoms with Crippen molar-refractivity contribution in [3.05, 3.63) is 59.4 Å². The monoisotopic (exact) mass is 509 g/mol. The van der Waals surface area contributed by atoms with Crippen molar-refractivity contribution in [2.45, 2.75) is 13.0 Å². The molecule has 1 atom stereocenters. The normalized spacial score (nSPS) is 12.0. The SMILES string of the molecule is CN=C(NCCOc1ccc(F)c(F)c1)NC(C)c1ccc(OC)c(F)c1.I. The van der Waals surface area contributed by atoms with E-state index in [-0.39, 0.29) is 48.1 Å². The average molecular weight is 509 g/mol. The van der Waals surface area contributed by atoms with E-state index in [1.807, 2.05) is 6.92 Å². The van der Waals surface area contributed by atoms with Gasteiger partial charge in [-0.3, -0.25) is 4.99 Å². The summed E-state index contributed by atoms with van der Waals surface area (Å²) in [6, 6.07) is 7.87. The summed E-state index contributed by atoms with van der Waals surface area (Å²) in [6.45, 7) is 2.46. The summed E-state index contributed by atoms with van der Waals surface area (Å²) < 4.78 is 50.1. The van der Waals surface area contributed by atoms with E-state index >= 15 is 0 Å². The first kappa shape index (κ1) is 23.9. The molecule has 5 nitrogen and oxygen atoms in total. The first-order valence-corrected chi connectivity index (χ1v) is 8.33. The quantitative estimate of drug-likeness (QED) is 0.256. The summed E-state index contributed by atoms with van der Waals surface area (Å²) >= 11 is 0. The third-order valence-electron chi connectivity index (χ3n) is 3.81. The Morgan fingerprint density at radius 3 is 2.43 bits per heavy atom. The molecule has 0 saturated carbocycles. The summed E-state index contributed by atoms with van der Waals surface area (Å²) in [6.07, 6.45) is 0. The minimum absolute atomic E-state index is 0. The molecule has 0 spiro atoms. The van der Waals surface area contributed by atoms with Crippen LogP contribution in [0.1, 0.15) is 18.5 Å². The molecule has 0 bridgehead atoms. The standard InChI is InChI=1S/C19H22F3N3O2.HI/c1-12(13-4-7-18(26-3)17(22)10-13)25-19(23-2)24-8-9-27-14-5-6-15(20)16(21)11-14;/h4-7,10-12H,8-9H2,1-3H3,(H2,23,24,25);1H. The number of halogens is 4. The first-order valence-electron chi connectivity index (χ1n) is 8.33. The predicted molar refractivity (Wildman–Crippen MR) is 113 cm³/mol. The maximum atomic E-state index is 13.8. The van der Waals surface area contributed by atoms with Gasteiger partial charge in [0.25, 0.3) is 0 Å². The van der Waals surface area contributed by atoms with Crippen molar-refractivity contribution >= 4 is 29.9 Å². The fraction of sp³-hybridized carbons (Fsp3) is 0.316. The molecule has 0 aliphatic heterocycles. The summed E-state index contributed by atoms with van der Waals surface area (Å²) in [4.78, 5) is 4.09. The number of aliphatic imine (C=N–C) groups is 1. The number of ether oxygens (including phenoxy) is 2. The lowest BCUT2D eigenvalue weighted by Crippen LogP contribution is -2.40. The minimum Gasteiger partial charge on any atom is -0.494 e. The van der Waals surface area contributed by atoms with Gasteiger partial charge in [-0.05, 0) is 36.8 Å². The fourth-order valence-electron chi connectivity index (χ4n) is 2.34. The molecule has 0 aliphatic carbocycles. The molecule has 0 radical (unpaired) electrons. The van der Waals surface area contributed by atoms with Crippen LogP contribution in [-0.2, 0) is 0 Å². The minimum atomic E-state index is -0.960. The van der Waals surface area contributed by atoms with Gasteiger partial charge in [0.1, 0.15) is 12.4 Å². The van der Waals surface area contributed by atoms with Gasteiger partial charge in [0.15, 0.2) is 29.2 Å². The molecule has 154 valence electrons. The number of nitrogens with zero attached hydrogens (tertiary/aromatic N) is 1. The molecule has 2 aromatic rings. The summed E-state index contributed by atoms with van der Waals surface area (Å²) in [5.41, 5.74) is 0.731. The molecule has 0 aliphatic rings. The number of guanidine groups is 1. The second-order valence-electron chi connectivity index (χ2n) is 5.68. The zero-order valence-electron chi connectivity index (χ0n) is 15.8. The lowest BCUT2D eigenvalue weighted by molar-refractivity contribution is 0.318. The Kier molecular flexibility index (Phi) is 9.91. The Morgan fingerprint density at radius 2 is 1.82 bits per heavy atom. The third-order valence-corrected chi connectivity index (χ3v) is 3.81. The second-order valence-corrected chi connectivity index (χ2v) is 5.68. The van der Waals surface area contributed by atoms with Crippen LogP contribution in [0.5, 0.6) is 11.5 Å². The van der Waals surface area contributed by atoms with Crippen molar-refractivity contribution in [3.63, 3.8) is 0 Å². The number of benzene rings is 2. The van der Waals surface area contributed by atoms with E-state index in [9.17, 15) is 13.2 Å². The molecular formula is C19H23F3IN3O2. The highest BCUT2D eigenvalue weighted by atomic mass is 127. The number of hydrogen-bond donors (Lipinski definition) is 2. The maximum Gasteiger partial charge on any atom is 0.191 e. The van der Waals surface area contributed by atoms with Gasteiger partial charge in [0, 0.05) is 13.1 Å². The van der Waals surface area contributed by atoms with Crippen LogP contribution in [0.25, 0.3) is 0 Å². The van der Waals surface area contributed by atoms with Crippen LogP contribution in [0.15, 0.2) is 41.4 Å². The molecular weight excluding hydrogens is 486 g/mol. The van der Waals surface area contributed by atoms with E-state index < -0.39 is 17.5 Å². The van der Waals surface area contributed by atoms with Crippen molar-refractivity contribution < 1.29 is 22.6 Å². The maximum absolute atomic E-state index is 13.8. The molecule has 0 heterocycles. The zero-order chi connectivity index (χ0) is 19.8. The van der Waals surface area contributed by atoms with Crippen molar-refractivity contribution in [2.75, 3.05) is 27.3 Å². The molecule has 1 unspecified atom stereocenters. The summed E-state index contributed by atoms with van der Waals surface area (Å²) in [5, 5.41) is 6.16.